The number of nitrogens with zero attached hydrogens (tertiary/aromatic N) is 1. The van der Waals surface area contributed by atoms with Crippen molar-refractivity contribution in [1.29, 1.82) is 0 Å². The number of hydrogen-bond donors (Lipinski definition) is 3. The van der Waals surface area contributed by atoms with Crippen LogP contribution in [-0.4, -0.2) is 46.7 Å². The van der Waals surface area contributed by atoms with Gasteiger partial charge in [0, 0.05) is 32.9 Å². The molecule has 0 aliphatic carbocycles. The van der Waals surface area contributed by atoms with Crippen LogP contribution in [0.4, 0.5) is 4.39 Å². The van der Waals surface area contributed by atoms with E-state index in [9.17, 15) is 17.6 Å². The lowest BCUT2D eigenvalue weighted by molar-refractivity contribution is -0.120. The van der Waals surface area contributed by atoms with E-state index in [2.05, 4.69) is 20.9 Å². The molecule has 0 aliphatic rings. The highest BCUT2D eigenvalue weighted by Gasteiger charge is 2.11. The lowest BCUT2D eigenvalue weighted by atomic mass is 10.1. The molecule has 2 rings (SSSR count). The highest BCUT2D eigenvalue weighted by molar-refractivity contribution is 7.90. The number of amides is 1. The summed E-state index contributed by atoms with van der Waals surface area (Å²) in [5.41, 5.74) is 2.24. The number of nitrogens with one attached hydrogen (secondary N) is 3. The molecule has 0 atom stereocenters. The van der Waals surface area contributed by atoms with E-state index < -0.39 is 9.84 Å². The summed E-state index contributed by atoms with van der Waals surface area (Å²) < 4.78 is 36.5. The Balaban J connectivity index is 1.75. The molecule has 0 saturated carbocycles. The molecule has 162 valence electrons. The maximum Gasteiger partial charge on any atom is 0.224 e. The summed E-state index contributed by atoms with van der Waals surface area (Å²) in [5, 5.41) is 9.00. The van der Waals surface area contributed by atoms with Crippen LogP contribution in [0.25, 0.3) is 0 Å². The molecule has 2 aromatic carbocycles. The zero-order chi connectivity index (χ0) is 22.1. The Morgan fingerprint density at radius 2 is 1.77 bits per heavy atom. The van der Waals surface area contributed by atoms with E-state index in [1.165, 1.54) is 18.4 Å². The molecule has 0 saturated heterocycles. The summed E-state index contributed by atoms with van der Waals surface area (Å²) in [6, 6.07) is 11.1. The van der Waals surface area contributed by atoms with Crippen LogP contribution in [0.3, 0.4) is 0 Å². The number of halogens is 1. The Labute approximate surface area is 176 Å². The first-order valence-corrected chi connectivity index (χ1v) is 11.3. The molecule has 2 aromatic rings. The Kier molecular flexibility index (Phi) is 8.35. The standard InChI is InChI=1S/C21H27FN4O3S/c1-15-11-17(7-8-19(15)30(3,28)29)14-26-21(23-2)25-10-9-24-20(27)13-16-5-4-6-18(22)12-16/h4-8,11-12H,9-10,13-14H2,1-3H3,(H,24,27)(H2,23,25,26). The molecular formula is C21H27FN4O3S. The first-order chi connectivity index (χ1) is 14.2. The van der Waals surface area contributed by atoms with Gasteiger partial charge in [0.2, 0.25) is 5.91 Å². The molecule has 0 bridgehead atoms. The molecule has 0 radical (unpaired) electrons. The minimum absolute atomic E-state index is 0.119. The summed E-state index contributed by atoms with van der Waals surface area (Å²) >= 11 is 0. The van der Waals surface area contributed by atoms with E-state index >= 15 is 0 Å². The highest BCUT2D eigenvalue weighted by atomic mass is 32.2. The molecule has 0 heterocycles. The van der Waals surface area contributed by atoms with Crippen molar-refractivity contribution in [3.8, 4) is 0 Å². The molecule has 0 unspecified atom stereocenters. The summed E-state index contributed by atoms with van der Waals surface area (Å²) in [6.45, 7) is 3.08. The third-order valence-corrected chi connectivity index (χ3v) is 5.57. The average molecular weight is 435 g/mol. The minimum Gasteiger partial charge on any atom is -0.355 e. The predicted octanol–water partition coefficient (Wildman–Crippen LogP) is 1.56. The third-order valence-electron chi connectivity index (χ3n) is 4.32. The van der Waals surface area contributed by atoms with Crippen LogP contribution in [-0.2, 0) is 27.6 Å². The van der Waals surface area contributed by atoms with Crippen molar-refractivity contribution in [1.82, 2.24) is 16.0 Å². The number of carbonyl (C=O) groups excluding carboxylic acids is 1. The number of sulfone groups is 1. The van der Waals surface area contributed by atoms with Crippen LogP contribution in [0.2, 0.25) is 0 Å². The summed E-state index contributed by atoms with van der Waals surface area (Å²) in [6.07, 6.45) is 1.31. The van der Waals surface area contributed by atoms with Crippen LogP contribution < -0.4 is 16.0 Å². The van der Waals surface area contributed by atoms with E-state index in [0.29, 0.717) is 41.6 Å². The number of benzene rings is 2. The second kappa shape index (κ2) is 10.7. The van der Waals surface area contributed by atoms with E-state index in [-0.39, 0.29) is 18.1 Å². The molecule has 0 spiro atoms. The van der Waals surface area contributed by atoms with E-state index in [1.54, 1.807) is 38.2 Å². The predicted molar refractivity (Wildman–Crippen MR) is 116 cm³/mol. The smallest absolute Gasteiger partial charge is 0.224 e. The van der Waals surface area contributed by atoms with Crippen LogP contribution in [0.15, 0.2) is 52.4 Å². The van der Waals surface area contributed by atoms with Gasteiger partial charge in [-0.2, -0.15) is 0 Å². The largest absolute Gasteiger partial charge is 0.355 e. The molecule has 0 fully saturated rings. The monoisotopic (exact) mass is 434 g/mol. The molecule has 7 nitrogen and oxygen atoms in total. The fourth-order valence-electron chi connectivity index (χ4n) is 2.92. The minimum atomic E-state index is -3.24. The fourth-order valence-corrected chi connectivity index (χ4v) is 3.88. The van der Waals surface area contributed by atoms with E-state index in [1.807, 2.05) is 6.07 Å². The van der Waals surface area contributed by atoms with E-state index in [0.717, 1.165) is 5.56 Å². The number of aliphatic imine (C=N–C) groups is 1. The van der Waals surface area contributed by atoms with Gasteiger partial charge in [0.05, 0.1) is 11.3 Å². The van der Waals surface area contributed by atoms with Gasteiger partial charge in [0.1, 0.15) is 5.82 Å². The summed E-state index contributed by atoms with van der Waals surface area (Å²) in [7, 11) is -1.61. The van der Waals surface area contributed by atoms with Crippen molar-refractivity contribution in [2.24, 2.45) is 4.99 Å². The normalized spacial score (nSPS) is 11.8. The van der Waals surface area contributed by atoms with Gasteiger partial charge < -0.3 is 16.0 Å². The molecule has 3 N–H and O–H groups in total. The SMILES string of the molecule is CN=C(NCCNC(=O)Cc1cccc(F)c1)NCc1ccc(S(C)(=O)=O)c(C)c1. The van der Waals surface area contributed by atoms with E-state index in [4.69, 9.17) is 0 Å². The molecule has 0 aliphatic heterocycles. The van der Waals surface area contributed by atoms with Gasteiger partial charge in [-0.15, -0.1) is 0 Å². The Bertz CT molecular complexity index is 1020. The zero-order valence-electron chi connectivity index (χ0n) is 17.3. The molecule has 9 heteroatoms. The number of rotatable bonds is 8. The maximum absolute atomic E-state index is 13.2. The van der Waals surface area contributed by atoms with Gasteiger partial charge in [0.15, 0.2) is 15.8 Å². The van der Waals surface area contributed by atoms with Gasteiger partial charge >= 0.3 is 0 Å². The Morgan fingerprint density at radius 3 is 2.40 bits per heavy atom. The van der Waals surface area contributed by atoms with Crippen molar-refractivity contribution in [3.05, 3.63) is 65.0 Å². The molecular weight excluding hydrogens is 407 g/mol. The van der Waals surface area contributed by atoms with Crippen LogP contribution >= 0.6 is 0 Å². The second-order valence-corrected chi connectivity index (χ2v) is 8.87. The van der Waals surface area contributed by atoms with Crippen LogP contribution in [0, 0.1) is 12.7 Å². The highest BCUT2D eigenvalue weighted by Crippen LogP contribution is 2.16. The topological polar surface area (TPSA) is 99.7 Å². The molecule has 0 aromatic heterocycles. The fraction of sp³-hybridized carbons (Fsp3) is 0.333. The third kappa shape index (κ3) is 7.47. The quantitative estimate of drug-likeness (QED) is 0.333. The van der Waals surface area contributed by atoms with Crippen LogP contribution in [0.5, 0.6) is 0 Å². The van der Waals surface area contributed by atoms with Gasteiger partial charge in [-0.25, -0.2) is 12.8 Å². The van der Waals surface area contributed by atoms with Crippen molar-refractivity contribution in [2.75, 3.05) is 26.4 Å². The van der Waals surface area contributed by atoms with Gasteiger partial charge in [0.25, 0.3) is 0 Å². The first-order valence-electron chi connectivity index (χ1n) is 9.44. The second-order valence-electron chi connectivity index (χ2n) is 6.88. The van der Waals surface area contributed by atoms with Crippen molar-refractivity contribution in [2.45, 2.75) is 24.8 Å². The lowest BCUT2D eigenvalue weighted by Crippen LogP contribution is -2.41. The van der Waals surface area contributed by atoms with Crippen molar-refractivity contribution >= 4 is 21.7 Å². The number of carbonyl (C=O) groups is 1. The maximum atomic E-state index is 13.2. The van der Waals surface area contributed by atoms with Gasteiger partial charge in [-0.1, -0.05) is 24.3 Å². The first kappa shape index (κ1) is 23.3. The molecule has 30 heavy (non-hydrogen) atoms. The number of hydrogen-bond acceptors (Lipinski definition) is 4. The Hall–Kier alpha value is -2.94. The average Bonchev–Trinajstić information content (AvgIpc) is 2.66. The molecule has 1 amide bonds. The Morgan fingerprint density at radius 1 is 1.03 bits per heavy atom. The summed E-state index contributed by atoms with van der Waals surface area (Å²) in [5.74, 6) is 0.00371. The lowest BCUT2D eigenvalue weighted by Gasteiger charge is -2.13. The van der Waals surface area contributed by atoms with Gasteiger partial charge in [-0.3, -0.25) is 9.79 Å². The number of guanidine groups is 1. The number of aryl methyl sites for hydroxylation is 1. The van der Waals surface area contributed by atoms with Crippen molar-refractivity contribution in [3.63, 3.8) is 0 Å². The summed E-state index contributed by atoms with van der Waals surface area (Å²) in [4.78, 5) is 16.4. The van der Waals surface area contributed by atoms with Crippen molar-refractivity contribution < 1.29 is 17.6 Å². The van der Waals surface area contributed by atoms with Gasteiger partial charge in [-0.05, 0) is 41.8 Å². The zero-order valence-corrected chi connectivity index (χ0v) is 18.1. The van der Waals surface area contributed by atoms with Crippen LogP contribution in [0.1, 0.15) is 16.7 Å².